The van der Waals surface area contributed by atoms with Gasteiger partial charge in [0.1, 0.15) is 5.82 Å². The molecule has 0 fully saturated rings. The number of hydrogen-bond donors (Lipinski definition) is 1. The van der Waals surface area contributed by atoms with Crippen molar-refractivity contribution in [2.24, 2.45) is 5.41 Å². The van der Waals surface area contributed by atoms with Gasteiger partial charge in [0.2, 0.25) is 0 Å². The highest BCUT2D eigenvalue weighted by molar-refractivity contribution is 6.30. The molecule has 0 bridgehead atoms. The summed E-state index contributed by atoms with van der Waals surface area (Å²) in [6.45, 7) is 7.73. The van der Waals surface area contributed by atoms with E-state index in [-0.39, 0.29) is 11.2 Å². The van der Waals surface area contributed by atoms with Crippen LogP contribution in [0, 0.1) is 18.2 Å². The quantitative estimate of drug-likeness (QED) is 0.773. The number of halogens is 2. The van der Waals surface area contributed by atoms with Crippen molar-refractivity contribution in [2.75, 3.05) is 0 Å². The average molecular weight is 307 g/mol. The first-order valence-corrected chi connectivity index (χ1v) is 7.32. The van der Waals surface area contributed by atoms with Gasteiger partial charge in [-0.3, -0.25) is 0 Å². The molecular formula is C18H20ClFO. The van der Waals surface area contributed by atoms with Gasteiger partial charge in [0.25, 0.3) is 0 Å². The zero-order valence-corrected chi connectivity index (χ0v) is 13.5. The van der Waals surface area contributed by atoms with E-state index >= 15 is 0 Å². The molecule has 0 aliphatic carbocycles. The van der Waals surface area contributed by atoms with Crippen molar-refractivity contribution < 1.29 is 9.50 Å². The van der Waals surface area contributed by atoms with Gasteiger partial charge < -0.3 is 5.11 Å². The van der Waals surface area contributed by atoms with Gasteiger partial charge in [-0.15, -0.1) is 0 Å². The summed E-state index contributed by atoms with van der Waals surface area (Å²) < 4.78 is 14.2. The van der Waals surface area contributed by atoms with Crippen LogP contribution in [-0.4, -0.2) is 5.11 Å². The Morgan fingerprint density at radius 3 is 2.33 bits per heavy atom. The zero-order valence-electron chi connectivity index (χ0n) is 12.7. The molecule has 0 saturated carbocycles. The fourth-order valence-corrected chi connectivity index (χ4v) is 2.50. The van der Waals surface area contributed by atoms with Crippen LogP contribution in [0.4, 0.5) is 4.39 Å². The summed E-state index contributed by atoms with van der Waals surface area (Å²) in [5, 5.41) is 11.1. The van der Waals surface area contributed by atoms with Crippen molar-refractivity contribution >= 4 is 11.6 Å². The van der Waals surface area contributed by atoms with Crippen LogP contribution in [0.15, 0.2) is 36.4 Å². The fraction of sp³-hybridized carbons (Fsp3) is 0.333. The highest BCUT2D eigenvalue weighted by atomic mass is 35.5. The number of rotatable bonds is 2. The first-order chi connectivity index (χ1) is 9.70. The lowest BCUT2D eigenvalue weighted by molar-refractivity contribution is 0.0631. The summed E-state index contributed by atoms with van der Waals surface area (Å²) in [5.41, 5.74) is 2.43. The Morgan fingerprint density at radius 2 is 1.71 bits per heavy atom. The van der Waals surface area contributed by atoms with E-state index < -0.39 is 6.10 Å². The number of aryl methyl sites for hydroxylation is 1. The SMILES string of the molecule is Cc1ccc(F)c(-c2ccc(Cl)cc2C(O)C(C)(C)C)c1. The molecule has 0 heterocycles. The third-order valence-electron chi connectivity index (χ3n) is 3.54. The Bertz CT molecular complexity index is 659. The molecule has 2 aromatic carbocycles. The van der Waals surface area contributed by atoms with Crippen molar-refractivity contribution in [1.82, 2.24) is 0 Å². The lowest BCUT2D eigenvalue weighted by Crippen LogP contribution is -2.18. The average Bonchev–Trinajstić information content (AvgIpc) is 2.40. The molecule has 2 aromatic rings. The lowest BCUT2D eigenvalue weighted by atomic mass is 9.81. The van der Waals surface area contributed by atoms with Crippen molar-refractivity contribution in [2.45, 2.75) is 33.8 Å². The molecule has 1 nitrogen and oxygen atoms in total. The van der Waals surface area contributed by atoms with Gasteiger partial charge in [-0.25, -0.2) is 4.39 Å². The molecule has 0 radical (unpaired) electrons. The van der Waals surface area contributed by atoms with Gasteiger partial charge >= 0.3 is 0 Å². The molecular weight excluding hydrogens is 287 g/mol. The predicted octanol–water partition coefficient (Wildman–Crippen LogP) is 5.53. The molecule has 21 heavy (non-hydrogen) atoms. The number of aliphatic hydroxyl groups excluding tert-OH is 1. The van der Waals surface area contributed by atoms with E-state index in [9.17, 15) is 9.50 Å². The first-order valence-electron chi connectivity index (χ1n) is 6.94. The summed E-state index contributed by atoms with van der Waals surface area (Å²) in [6.07, 6.45) is -0.730. The van der Waals surface area contributed by atoms with Crippen LogP contribution in [-0.2, 0) is 0 Å². The fourth-order valence-electron chi connectivity index (χ4n) is 2.32. The number of benzene rings is 2. The Balaban J connectivity index is 2.67. The van der Waals surface area contributed by atoms with Crippen LogP contribution in [0.2, 0.25) is 5.02 Å². The Kier molecular flexibility index (Phi) is 4.40. The number of hydrogen-bond acceptors (Lipinski definition) is 1. The van der Waals surface area contributed by atoms with Gasteiger partial charge in [0.15, 0.2) is 0 Å². The Morgan fingerprint density at radius 1 is 1.05 bits per heavy atom. The summed E-state index contributed by atoms with van der Waals surface area (Å²) in [7, 11) is 0. The second kappa shape index (κ2) is 5.78. The van der Waals surface area contributed by atoms with E-state index in [1.54, 1.807) is 30.3 Å². The molecule has 2 rings (SSSR count). The van der Waals surface area contributed by atoms with Gasteiger partial charge in [-0.05, 0) is 47.7 Å². The van der Waals surface area contributed by atoms with Crippen molar-refractivity contribution in [3.63, 3.8) is 0 Å². The Labute approximate surface area is 130 Å². The second-order valence-corrected chi connectivity index (χ2v) is 6.92. The van der Waals surface area contributed by atoms with Crippen LogP contribution in [0.3, 0.4) is 0 Å². The molecule has 0 aliphatic heterocycles. The molecule has 1 atom stereocenters. The second-order valence-electron chi connectivity index (χ2n) is 6.48. The lowest BCUT2D eigenvalue weighted by Gasteiger charge is -2.28. The molecule has 0 aromatic heterocycles. The van der Waals surface area contributed by atoms with Gasteiger partial charge in [0, 0.05) is 10.6 Å². The maximum atomic E-state index is 14.2. The maximum absolute atomic E-state index is 14.2. The maximum Gasteiger partial charge on any atom is 0.131 e. The van der Waals surface area contributed by atoms with Crippen molar-refractivity contribution in [1.29, 1.82) is 0 Å². The third kappa shape index (κ3) is 3.45. The Hall–Kier alpha value is -1.38. The summed E-state index contributed by atoms with van der Waals surface area (Å²) >= 11 is 6.06. The van der Waals surface area contributed by atoms with Crippen LogP contribution in [0.1, 0.15) is 38.0 Å². The monoisotopic (exact) mass is 306 g/mol. The zero-order chi connectivity index (χ0) is 15.8. The molecule has 0 saturated heterocycles. The highest BCUT2D eigenvalue weighted by Crippen LogP contribution is 2.40. The topological polar surface area (TPSA) is 20.2 Å². The van der Waals surface area contributed by atoms with E-state index in [0.29, 0.717) is 21.7 Å². The van der Waals surface area contributed by atoms with Gasteiger partial charge in [-0.1, -0.05) is 50.1 Å². The van der Waals surface area contributed by atoms with E-state index in [4.69, 9.17) is 11.6 Å². The van der Waals surface area contributed by atoms with Crippen LogP contribution >= 0.6 is 11.6 Å². The summed E-state index contributed by atoms with van der Waals surface area (Å²) in [6, 6.07) is 10.2. The minimum atomic E-state index is -0.730. The standard InChI is InChI=1S/C18H20ClFO/c1-11-5-8-16(20)14(9-11)13-7-6-12(19)10-15(13)17(21)18(2,3)4/h5-10,17,21H,1-4H3. The third-order valence-corrected chi connectivity index (χ3v) is 3.78. The molecule has 0 spiro atoms. The van der Waals surface area contributed by atoms with Crippen LogP contribution in [0.25, 0.3) is 11.1 Å². The summed E-state index contributed by atoms with van der Waals surface area (Å²) in [5.74, 6) is -0.301. The van der Waals surface area contributed by atoms with Gasteiger partial charge in [0.05, 0.1) is 6.10 Å². The van der Waals surface area contributed by atoms with E-state index in [1.807, 2.05) is 27.7 Å². The summed E-state index contributed by atoms with van der Waals surface area (Å²) in [4.78, 5) is 0. The molecule has 0 amide bonds. The molecule has 0 aliphatic rings. The number of aliphatic hydroxyl groups is 1. The van der Waals surface area contributed by atoms with E-state index in [1.165, 1.54) is 6.07 Å². The first kappa shape index (κ1) is 16.0. The van der Waals surface area contributed by atoms with Gasteiger partial charge in [-0.2, -0.15) is 0 Å². The van der Waals surface area contributed by atoms with Crippen LogP contribution in [0.5, 0.6) is 0 Å². The van der Waals surface area contributed by atoms with Crippen molar-refractivity contribution in [3.8, 4) is 11.1 Å². The largest absolute Gasteiger partial charge is 0.388 e. The van der Waals surface area contributed by atoms with Crippen molar-refractivity contribution in [3.05, 3.63) is 58.4 Å². The molecule has 1 N–H and O–H groups in total. The molecule has 1 unspecified atom stereocenters. The molecule has 3 heteroatoms. The minimum Gasteiger partial charge on any atom is -0.388 e. The van der Waals surface area contributed by atoms with E-state index in [2.05, 4.69) is 0 Å². The predicted molar refractivity (Wildman–Crippen MR) is 86.0 cm³/mol. The highest BCUT2D eigenvalue weighted by Gasteiger charge is 2.27. The molecule has 112 valence electrons. The van der Waals surface area contributed by atoms with E-state index in [0.717, 1.165) is 5.56 Å². The van der Waals surface area contributed by atoms with Crippen LogP contribution < -0.4 is 0 Å². The minimum absolute atomic E-state index is 0.301. The normalized spacial score (nSPS) is 13.3. The smallest absolute Gasteiger partial charge is 0.131 e.